The number of aliphatic imine (C=N–C) groups is 1. The number of hydrogen-bond acceptors (Lipinski definition) is 10. The number of aromatic nitrogens is 4. The third-order valence-electron chi connectivity index (χ3n) is 6.14. The number of anilines is 2. The molecule has 0 fully saturated rings. The maximum Gasteiger partial charge on any atom is 0.417 e. The van der Waals surface area contributed by atoms with Crippen molar-refractivity contribution in [1.82, 2.24) is 19.9 Å². The van der Waals surface area contributed by atoms with E-state index in [9.17, 15) is 13.2 Å². The number of nitrogens with zero attached hydrogens (tertiary/aromatic N) is 5. The number of nitrogens with one attached hydrogen (secondary N) is 1. The van der Waals surface area contributed by atoms with Crippen LogP contribution in [0.5, 0.6) is 0 Å². The summed E-state index contributed by atoms with van der Waals surface area (Å²) in [5.74, 6) is 0. The summed E-state index contributed by atoms with van der Waals surface area (Å²) >= 11 is 23.9. The van der Waals surface area contributed by atoms with Gasteiger partial charge in [0.1, 0.15) is 11.4 Å². The standard InChI is InChI=1S/C17H11ClF3N3S2.C8H6ClNS.C8H7N3S/c18-12-5-4-10(7-11(12)17(19,20)21)8-15(25)24-16-23-14(9-26-16)13-3-1-2-6-22-13;1-6-4-7(10-5-11)2-3-8(6)9;9-8-11-7(5-12-8)6-3-1-2-4-10-6/h1-7,9H,8H2,(H,23,24,25);2-4H,1H3;1-5H,(H2,9,11). The molecule has 0 bridgehead atoms. The van der Waals surface area contributed by atoms with Crippen molar-refractivity contribution in [3.8, 4) is 22.8 Å². The highest BCUT2D eigenvalue weighted by Crippen LogP contribution is 2.35. The van der Waals surface area contributed by atoms with Gasteiger partial charge in [0.2, 0.25) is 0 Å². The number of hydrogen-bond donors (Lipinski definition) is 2. The van der Waals surface area contributed by atoms with Crippen molar-refractivity contribution in [3.63, 3.8) is 0 Å². The lowest BCUT2D eigenvalue weighted by Gasteiger charge is -2.11. The van der Waals surface area contributed by atoms with Crippen LogP contribution in [-0.4, -0.2) is 30.1 Å². The zero-order chi connectivity index (χ0) is 35.4. The molecule has 0 spiro atoms. The highest BCUT2D eigenvalue weighted by molar-refractivity contribution is 7.80. The van der Waals surface area contributed by atoms with E-state index in [1.807, 2.05) is 60.1 Å². The Bertz CT molecular complexity index is 2050. The molecule has 49 heavy (non-hydrogen) atoms. The maximum absolute atomic E-state index is 12.9. The molecule has 0 atom stereocenters. The predicted octanol–water partition coefficient (Wildman–Crippen LogP) is 11.0. The average Bonchev–Trinajstić information content (AvgIpc) is 3.74. The zero-order valence-electron chi connectivity index (χ0n) is 25.3. The van der Waals surface area contributed by atoms with Crippen LogP contribution in [0.3, 0.4) is 0 Å². The van der Waals surface area contributed by atoms with E-state index in [1.54, 1.807) is 24.5 Å². The molecule has 0 saturated carbocycles. The normalized spacial score (nSPS) is 10.5. The van der Waals surface area contributed by atoms with Gasteiger partial charge in [-0.15, -0.1) is 22.7 Å². The first-order valence-electron chi connectivity index (χ1n) is 13.9. The molecular formula is C33H24Cl2F3N7S4. The Labute approximate surface area is 308 Å². The second-order valence-electron chi connectivity index (χ2n) is 9.71. The van der Waals surface area contributed by atoms with Gasteiger partial charge < -0.3 is 11.1 Å². The Morgan fingerprint density at radius 1 is 0.878 bits per heavy atom. The Hall–Kier alpha value is -4.14. The van der Waals surface area contributed by atoms with Crippen LogP contribution >= 0.6 is 70.3 Å². The number of isothiocyanates is 1. The predicted molar refractivity (Wildman–Crippen MR) is 202 cm³/mol. The molecule has 3 N–H and O–H groups in total. The van der Waals surface area contributed by atoms with Crippen LogP contribution in [-0.2, 0) is 12.6 Å². The molecule has 4 heterocycles. The largest absolute Gasteiger partial charge is 0.417 e. The molecule has 2 aromatic carbocycles. The molecule has 16 heteroatoms. The van der Waals surface area contributed by atoms with Gasteiger partial charge in [0.15, 0.2) is 10.3 Å². The molecule has 6 rings (SSSR count). The first-order chi connectivity index (χ1) is 23.4. The molecule has 0 unspecified atom stereocenters. The third-order valence-corrected chi connectivity index (χ3v) is 8.67. The summed E-state index contributed by atoms with van der Waals surface area (Å²) in [5.41, 5.74) is 9.98. The second-order valence-corrected chi connectivity index (χ2v) is 12.9. The fraction of sp³-hybridized carbons (Fsp3) is 0.0909. The van der Waals surface area contributed by atoms with Gasteiger partial charge in [-0.2, -0.15) is 18.2 Å². The quantitative estimate of drug-likeness (QED) is 0.127. The smallest absolute Gasteiger partial charge is 0.375 e. The van der Waals surface area contributed by atoms with Gasteiger partial charge in [0.25, 0.3) is 0 Å². The first-order valence-corrected chi connectivity index (χ1v) is 17.2. The van der Waals surface area contributed by atoms with Crippen LogP contribution in [0, 0.1) is 6.92 Å². The van der Waals surface area contributed by atoms with Crippen molar-refractivity contribution < 1.29 is 13.2 Å². The Kier molecular flexibility index (Phi) is 13.9. The molecule has 250 valence electrons. The van der Waals surface area contributed by atoms with Crippen molar-refractivity contribution in [2.75, 3.05) is 11.1 Å². The molecule has 0 amide bonds. The molecule has 0 saturated heterocycles. The summed E-state index contributed by atoms with van der Waals surface area (Å²) in [6, 6.07) is 20.4. The minimum absolute atomic E-state index is 0.147. The zero-order valence-corrected chi connectivity index (χ0v) is 30.1. The summed E-state index contributed by atoms with van der Waals surface area (Å²) in [7, 11) is 0. The monoisotopic (exact) mass is 773 g/mol. The summed E-state index contributed by atoms with van der Waals surface area (Å²) in [6.07, 6.45) is -0.945. The SMILES string of the molecule is Cc1cc(N=C=S)ccc1Cl.FC(F)(F)c1cc(CC(=S)Nc2nc(-c3ccccn3)cs2)ccc1Cl.Nc1nc(-c2ccccn2)cs1. The molecule has 7 nitrogen and oxygen atoms in total. The number of halogens is 5. The number of benzene rings is 2. The number of alkyl halides is 3. The van der Waals surface area contributed by atoms with Crippen LogP contribution in [0.4, 0.5) is 29.1 Å². The summed E-state index contributed by atoms with van der Waals surface area (Å²) in [6.45, 7) is 1.92. The number of pyridine rings is 2. The molecule has 0 radical (unpaired) electrons. The van der Waals surface area contributed by atoms with Crippen molar-refractivity contribution in [1.29, 1.82) is 0 Å². The van der Waals surface area contributed by atoms with Gasteiger partial charge in [-0.3, -0.25) is 9.97 Å². The maximum atomic E-state index is 12.9. The average molecular weight is 775 g/mol. The van der Waals surface area contributed by atoms with E-state index in [0.717, 1.165) is 39.4 Å². The van der Waals surface area contributed by atoms with Crippen molar-refractivity contribution in [3.05, 3.63) is 123 Å². The summed E-state index contributed by atoms with van der Waals surface area (Å²) in [4.78, 5) is 21.0. The van der Waals surface area contributed by atoms with Crippen LogP contribution in [0.15, 0.2) is 101 Å². The Morgan fingerprint density at radius 2 is 1.51 bits per heavy atom. The van der Waals surface area contributed by atoms with Gasteiger partial charge >= 0.3 is 6.18 Å². The highest BCUT2D eigenvalue weighted by Gasteiger charge is 2.33. The lowest BCUT2D eigenvalue weighted by Crippen LogP contribution is -2.13. The number of rotatable bonds is 6. The van der Waals surface area contributed by atoms with Crippen LogP contribution < -0.4 is 11.1 Å². The highest BCUT2D eigenvalue weighted by atomic mass is 35.5. The van der Waals surface area contributed by atoms with Crippen molar-refractivity contribution >= 4 is 96.4 Å². The topological polar surface area (TPSA) is 102 Å². The number of nitrogen functional groups attached to an aromatic ring is 1. The van der Waals surface area contributed by atoms with Crippen LogP contribution in [0.1, 0.15) is 16.7 Å². The lowest BCUT2D eigenvalue weighted by atomic mass is 10.1. The van der Waals surface area contributed by atoms with E-state index in [0.29, 0.717) is 26.5 Å². The third kappa shape index (κ3) is 11.8. The number of thiazole rings is 2. The van der Waals surface area contributed by atoms with Gasteiger partial charge in [-0.1, -0.05) is 53.6 Å². The van der Waals surface area contributed by atoms with Gasteiger partial charge in [-0.05, 0) is 84.9 Å². The molecule has 0 aliphatic carbocycles. The van der Waals surface area contributed by atoms with Gasteiger partial charge in [0, 0.05) is 34.6 Å². The Balaban J connectivity index is 0.000000193. The number of aryl methyl sites for hydroxylation is 1. The van der Waals surface area contributed by atoms with Crippen LogP contribution in [0.2, 0.25) is 10.0 Å². The van der Waals surface area contributed by atoms with E-state index in [4.69, 9.17) is 41.2 Å². The number of nitrogens with two attached hydrogens (primary N) is 1. The van der Waals surface area contributed by atoms with E-state index < -0.39 is 11.7 Å². The molecule has 0 aliphatic heterocycles. The van der Waals surface area contributed by atoms with Crippen molar-refractivity contribution in [2.24, 2.45) is 4.99 Å². The minimum atomic E-state index is -4.50. The van der Waals surface area contributed by atoms with E-state index in [1.165, 1.54) is 34.8 Å². The van der Waals surface area contributed by atoms with Crippen molar-refractivity contribution in [2.45, 2.75) is 19.5 Å². The molecule has 6 aromatic rings. The van der Waals surface area contributed by atoms with Crippen LogP contribution in [0.25, 0.3) is 22.8 Å². The minimum Gasteiger partial charge on any atom is -0.375 e. The van der Waals surface area contributed by atoms with E-state index in [2.05, 4.69) is 47.6 Å². The van der Waals surface area contributed by atoms with Gasteiger partial charge in [-0.25, -0.2) is 9.97 Å². The fourth-order valence-electron chi connectivity index (χ4n) is 3.88. The first kappa shape index (κ1) is 37.7. The molecule has 4 aromatic heterocycles. The summed E-state index contributed by atoms with van der Waals surface area (Å²) < 4.78 is 38.8. The Morgan fingerprint density at radius 3 is 2.06 bits per heavy atom. The van der Waals surface area contributed by atoms with E-state index >= 15 is 0 Å². The van der Waals surface area contributed by atoms with Gasteiger partial charge in [0.05, 0.1) is 37.8 Å². The fourth-order valence-corrected chi connectivity index (χ4v) is 5.94. The van der Waals surface area contributed by atoms with E-state index in [-0.39, 0.29) is 11.4 Å². The summed E-state index contributed by atoms with van der Waals surface area (Å²) in [5, 5.41) is 10.5. The molecule has 0 aliphatic rings. The second kappa shape index (κ2) is 18.0. The lowest BCUT2D eigenvalue weighted by molar-refractivity contribution is -0.137. The molecular weight excluding hydrogens is 751 g/mol. The number of thiocarbonyl (C=S) groups is 2.